The Bertz CT molecular complexity index is 328. The first-order valence-corrected chi connectivity index (χ1v) is 14.5. The average Bonchev–Trinajstić information content (AvgIpc) is 2.62. The van der Waals surface area contributed by atoms with Crippen LogP contribution in [0.1, 0.15) is 117 Å². The van der Waals surface area contributed by atoms with Crippen LogP contribution in [-0.4, -0.2) is 53.9 Å². The first-order valence-electron chi connectivity index (χ1n) is 12.4. The summed E-state index contributed by atoms with van der Waals surface area (Å²) < 4.78 is 1.09. The summed E-state index contributed by atoms with van der Waals surface area (Å²) in [4.78, 5) is 27.9. The molecule has 0 fully saturated rings. The molecule has 0 aliphatic carbocycles. The maximum Gasteiger partial charge on any atom is 0.492 e. The summed E-state index contributed by atoms with van der Waals surface area (Å²) in [5, 5.41) is 0. The largest absolute Gasteiger partial charge is 0.492 e. The van der Waals surface area contributed by atoms with E-state index in [9.17, 15) is 14.4 Å². The second kappa shape index (κ2) is 17.9. The lowest BCUT2D eigenvalue weighted by Crippen LogP contribution is -2.51. The third-order valence-electron chi connectivity index (χ3n) is 6.03. The Morgan fingerprint density at radius 3 is 1.25 bits per heavy atom. The van der Waals surface area contributed by atoms with E-state index in [0.29, 0.717) is 6.42 Å². The van der Waals surface area contributed by atoms with Gasteiger partial charge in [0.25, 0.3) is 0 Å². The molecule has 0 saturated heterocycles. The second-order valence-electron chi connectivity index (χ2n) is 9.00. The van der Waals surface area contributed by atoms with Crippen LogP contribution in [0.2, 0.25) is 6.04 Å². The van der Waals surface area contributed by atoms with Crippen LogP contribution in [0.25, 0.3) is 0 Å². The molecule has 0 spiro atoms. The highest BCUT2D eigenvalue weighted by Crippen LogP contribution is 2.18. The third kappa shape index (κ3) is 17.0. The van der Waals surface area contributed by atoms with Crippen molar-refractivity contribution in [2.75, 3.05) is 26.2 Å². The summed E-state index contributed by atoms with van der Waals surface area (Å²) in [5.74, 6) is 0. The molecule has 3 N–H and O–H groups in total. The van der Waals surface area contributed by atoms with Gasteiger partial charge < -0.3 is 18.9 Å². The van der Waals surface area contributed by atoms with E-state index in [-0.39, 0.29) is 6.04 Å². The minimum absolute atomic E-state index is 0.179. The van der Waals surface area contributed by atoms with E-state index in [1.54, 1.807) is 0 Å². The van der Waals surface area contributed by atoms with Crippen molar-refractivity contribution >= 4 is 8.80 Å². The molecule has 0 aromatic heterocycles. The van der Waals surface area contributed by atoms with Gasteiger partial charge >= 0.3 is 8.80 Å². The lowest BCUT2D eigenvalue weighted by molar-refractivity contribution is -0.928. The van der Waals surface area contributed by atoms with Gasteiger partial charge in [0.15, 0.2) is 0 Å². The van der Waals surface area contributed by atoms with Crippen LogP contribution in [-0.2, 0) is 0 Å². The smallest absolute Gasteiger partial charge is 0.390 e. The van der Waals surface area contributed by atoms with Gasteiger partial charge in [-0.25, -0.2) is 0 Å². The lowest BCUT2D eigenvalue weighted by Gasteiger charge is -2.39. The Kier molecular flexibility index (Phi) is 17.9. The maximum atomic E-state index is 9.31. The van der Waals surface area contributed by atoms with Gasteiger partial charge in [-0.1, -0.05) is 85.0 Å². The molecule has 0 unspecified atom stereocenters. The van der Waals surface area contributed by atoms with Gasteiger partial charge in [0.05, 0.1) is 26.2 Å². The molecule has 0 saturated carbocycles. The van der Waals surface area contributed by atoms with Gasteiger partial charge in [-0.15, -0.1) is 0 Å². The van der Waals surface area contributed by atoms with Crippen molar-refractivity contribution in [3.8, 4) is 0 Å². The van der Waals surface area contributed by atoms with Gasteiger partial charge in [0.1, 0.15) is 0 Å². The standard InChI is InChI=1S/C23H52NO3Si/c1-4-7-8-9-10-11-12-13-14-15-16-17-21-24(19-5-2,20-6-3)22-18-23-28(25,26)27/h25-27H,4-23H2,1-3H3/q+1. The second-order valence-corrected chi connectivity index (χ2v) is 11.1. The maximum absolute atomic E-state index is 9.31. The van der Waals surface area contributed by atoms with Crippen LogP contribution in [0.3, 0.4) is 0 Å². The number of hydrogen-bond donors (Lipinski definition) is 3. The Balaban J connectivity index is 3.94. The van der Waals surface area contributed by atoms with Gasteiger partial charge in [-0.2, -0.15) is 0 Å². The normalized spacial score (nSPS) is 12.6. The predicted molar refractivity (Wildman–Crippen MR) is 123 cm³/mol. The van der Waals surface area contributed by atoms with Crippen LogP contribution in [0.15, 0.2) is 0 Å². The van der Waals surface area contributed by atoms with Crippen molar-refractivity contribution in [1.82, 2.24) is 0 Å². The molecule has 0 aliphatic heterocycles. The molecule has 28 heavy (non-hydrogen) atoms. The topological polar surface area (TPSA) is 60.7 Å². The van der Waals surface area contributed by atoms with Crippen molar-refractivity contribution in [1.29, 1.82) is 0 Å². The quantitative estimate of drug-likeness (QED) is 0.129. The Morgan fingerprint density at radius 1 is 0.464 bits per heavy atom. The first kappa shape index (κ1) is 28.1. The molecular weight excluding hydrogens is 366 g/mol. The fraction of sp³-hybridized carbons (Fsp3) is 1.00. The van der Waals surface area contributed by atoms with Crippen molar-refractivity contribution in [3.63, 3.8) is 0 Å². The number of rotatable bonds is 21. The van der Waals surface area contributed by atoms with E-state index < -0.39 is 8.80 Å². The zero-order valence-corrected chi connectivity index (χ0v) is 20.4. The zero-order valence-electron chi connectivity index (χ0n) is 19.4. The van der Waals surface area contributed by atoms with E-state index in [0.717, 1.165) is 23.9 Å². The van der Waals surface area contributed by atoms with Gasteiger partial charge in [-0.3, -0.25) is 0 Å². The van der Waals surface area contributed by atoms with Crippen molar-refractivity contribution in [2.24, 2.45) is 0 Å². The first-order chi connectivity index (χ1) is 13.4. The van der Waals surface area contributed by atoms with E-state index in [2.05, 4.69) is 20.8 Å². The molecule has 0 atom stereocenters. The number of nitrogens with zero attached hydrogens (tertiary/aromatic N) is 1. The van der Waals surface area contributed by atoms with Crippen LogP contribution in [0.5, 0.6) is 0 Å². The SMILES string of the molecule is CCCCCCCCCCCCCC[N+](CCC)(CCC)CCC[Si](O)(O)O. The molecule has 0 amide bonds. The van der Waals surface area contributed by atoms with E-state index >= 15 is 0 Å². The molecule has 170 valence electrons. The van der Waals surface area contributed by atoms with Gasteiger partial charge in [-0.05, 0) is 25.7 Å². The molecule has 0 radical (unpaired) electrons. The Labute approximate surface area is 177 Å². The fourth-order valence-electron chi connectivity index (χ4n) is 4.56. The highest BCUT2D eigenvalue weighted by Gasteiger charge is 2.30. The highest BCUT2D eigenvalue weighted by molar-refractivity contribution is 6.56. The fourth-order valence-corrected chi connectivity index (χ4v) is 5.19. The summed E-state index contributed by atoms with van der Waals surface area (Å²) in [6.45, 7) is 11.3. The average molecular weight is 419 g/mol. The summed E-state index contributed by atoms with van der Waals surface area (Å²) in [7, 11) is -3.88. The summed E-state index contributed by atoms with van der Waals surface area (Å²) in [5.41, 5.74) is 0. The summed E-state index contributed by atoms with van der Waals surface area (Å²) in [6, 6.07) is 0.179. The number of quaternary nitrogens is 1. The van der Waals surface area contributed by atoms with Crippen molar-refractivity contribution < 1.29 is 18.9 Å². The molecule has 0 rings (SSSR count). The third-order valence-corrected chi connectivity index (χ3v) is 7.05. The molecule has 0 aromatic carbocycles. The number of hydrogen-bond acceptors (Lipinski definition) is 3. The van der Waals surface area contributed by atoms with Crippen LogP contribution < -0.4 is 0 Å². The Hall–Kier alpha value is 0.0569. The molecule has 0 aliphatic rings. The van der Waals surface area contributed by atoms with Crippen LogP contribution in [0.4, 0.5) is 0 Å². The minimum atomic E-state index is -3.88. The summed E-state index contributed by atoms with van der Waals surface area (Å²) >= 11 is 0. The molecule has 4 nitrogen and oxygen atoms in total. The number of unbranched alkanes of at least 4 members (excludes halogenated alkanes) is 11. The van der Waals surface area contributed by atoms with Gasteiger partial charge in [0.2, 0.25) is 0 Å². The molecular formula is C23H52NO3Si+. The zero-order chi connectivity index (χ0) is 21.1. The lowest BCUT2D eigenvalue weighted by atomic mass is 10.0. The Morgan fingerprint density at radius 2 is 0.857 bits per heavy atom. The van der Waals surface area contributed by atoms with Crippen LogP contribution in [0, 0.1) is 0 Å². The van der Waals surface area contributed by atoms with Crippen molar-refractivity contribution in [2.45, 2.75) is 123 Å². The van der Waals surface area contributed by atoms with E-state index in [1.807, 2.05) is 0 Å². The minimum Gasteiger partial charge on any atom is -0.390 e. The van der Waals surface area contributed by atoms with Crippen LogP contribution >= 0.6 is 0 Å². The molecule has 5 heteroatoms. The molecule has 0 aromatic rings. The molecule has 0 bridgehead atoms. The van der Waals surface area contributed by atoms with Crippen molar-refractivity contribution in [3.05, 3.63) is 0 Å². The van der Waals surface area contributed by atoms with Gasteiger partial charge in [0, 0.05) is 12.5 Å². The van der Waals surface area contributed by atoms with E-state index in [1.165, 1.54) is 96.7 Å². The highest BCUT2D eigenvalue weighted by atomic mass is 28.4. The monoisotopic (exact) mass is 418 g/mol. The summed E-state index contributed by atoms with van der Waals surface area (Å²) in [6.07, 6.45) is 19.6. The van der Waals surface area contributed by atoms with E-state index in [4.69, 9.17) is 0 Å². The predicted octanol–water partition coefficient (Wildman–Crippen LogP) is 5.63. The molecule has 0 heterocycles.